The number of carbonyl (C=O) groups is 1. The summed E-state index contributed by atoms with van der Waals surface area (Å²) < 4.78 is 5.09. The van der Waals surface area contributed by atoms with Gasteiger partial charge in [-0.1, -0.05) is 37.3 Å². The largest absolute Gasteiger partial charge is 0.462 e. The number of benzene rings is 1. The zero-order valence-corrected chi connectivity index (χ0v) is 12.3. The number of hydrogen-bond acceptors (Lipinski definition) is 4. The molecule has 0 aliphatic heterocycles. The van der Waals surface area contributed by atoms with Gasteiger partial charge in [0, 0.05) is 24.1 Å². The predicted octanol–water partition coefficient (Wildman–Crippen LogP) is 2.98. The van der Waals surface area contributed by atoms with Crippen molar-refractivity contribution in [3.8, 4) is 0 Å². The molecule has 0 radical (unpaired) electrons. The van der Waals surface area contributed by atoms with E-state index in [0.29, 0.717) is 13.2 Å². The molecule has 0 bridgehead atoms. The minimum absolute atomic E-state index is 0.283. The normalized spacial score (nSPS) is 11.2. The average molecular weight is 279 g/mol. The fraction of sp³-hybridized carbons (Fsp3) is 0.400. The second-order valence-corrected chi connectivity index (χ2v) is 5.42. The van der Waals surface area contributed by atoms with Crippen molar-refractivity contribution in [1.29, 1.82) is 0 Å². The second kappa shape index (κ2) is 9.50. The van der Waals surface area contributed by atoms with Gasteiger partial charge in [0.25, 0.3) is 0 Å². The summed E-state index contributed by atoms with van der Waals surface area (Å²) in [7, 11) is 0. The molecule has 0 spiro atoms. The van der Waals surface area contributed by atoms with Gasteiger partial charge in [0.15, 0.2) is 0 Å². The van der Waals surface area contributed by atoms with E-state index in [1.54, 1.807) is 11.8 Å². The van der Waals surface area contributed by atoms with Crippen molar-refractivity contribution in [2.24, 2.45) is 0 Å². The Kier molecular flexibility index (Phi) is 7.82. The summed E-state index contributed by atoms with van der Waals surface area (Å²) in [6.45, 7) is 5.14. The Morgan fingerprint density at radius 2 is 2.11 bits per heavy atom. The monoisotopic (exact) mass is 279 g/mol. The topological polar surface area (TPSA) is 38.3 Å². The lowest BCUT2D eigenvalue weighted by Crippen LogP contribution is -2.13. The predicted molar refractivity (Wildman–Crippen MR) is 81.0 cm³/mol. The Labute approximate surface area is 119 Å². The number of nitrogens with one attached hydrogen (secondary N) is 1. The van der Waals surface area contributed by atoms with Gasteiger partial charge >= 0.3 is 5.97 Å². The molecule has 1 rings (SSSR count). The highest BCUT2D eigenvalue weighted by Crippen LogP contribution is 2.00. The van der Waals surface area contributed by atoms with E-state index in [-0.39, 0.29) is 5.97 Å². The van der Waals surface area contributed by atoms with Crippen molar-refractivity contribution in [3.63, 3.8) is 0 Å². The molecule has 0 aromatic heterocycles. The molecule has 19 heavy (non-hydrogen) atoms. The summed E-state index contributed by atoms with van der Waals surface area (Å²) in [6, 6.07) is 10.1. The van der Waals surface area contributed by atoms with Gasteiger partial charge in [0.2, 0.25) is 0 Å². The molecule has 1 aromatic carbocycles. The molecule has 0 amide bonds. The van der Waals surface area contributed by atoms with E-state index >= 15 is 0 Å². The van der Waals surface area contributed by atoms with E-state index in [1.807, 2.05) is 37.3 Å². The van der Waals surface area contributed by atoms with Crippen LogP contribution in [0.4, 0.5) is 0 Å². The molecule has 0 saturated heterocycles. The molecular weight excluding hydrogens is 258 g/mol. The summed E-state index contributed by atoms with van der Waals surface area (Å²) in [6.07, 6.45) is 1.50. The zero-order chi connectivity index (χ0) is 13.9. The number of hydrogen-bond donors (Lipinski definition) is 1. The van der Waals surface area contributed by atoms with Crippen LogP contribution < -0.4 is 5.32 Å². The fourth-order valence-electron chi connectivity index (χ4n) is 1.45. The standard InChI is InChI=1S/C15H21NO2S/c1-3-19-10-9-18-15(17)11-13(2)16-12-14-7-5-4-6-8-14/h4-8,11,16H,3,9-10,12H2,1-2H3/b13-11-. The first kappa shape index (κ1) is 15.6. The van der Waals surface area contributed by atoms with Gasteiger partial charge in [0.1, 0.15) is 6.61 Å². The van der Waals surface area contributed by atoms with Gasteiger partial charge in [0.05, 0.1) is 0 Å². The smallest absolute Gasteiger partial charge is 0.332 e. The molecule has 0 heterocycles. The van der Waals surface area contributed by atoms with Crippen molar-refractivity contribution in [1.82, 2.24) is 5.32 Å². The summed E-state index contributed by atoms with van der Waals surface area (Å²) >= 11 is 1.76. The summed E-state index contributed by atoms with van der Waals surface area (Å²) in [5.41, 5.74) is 2.00. The van der Waals surface area contributed by atoms with Gasteiger partial charge in [-0.15, -0.1) is 0 Å². The molecule has 0 unspecified atom stereocenters. The third kappa shape index (κ3) is 7.57. The lowest BCUT2D eigenvalue weighted by molar-refractivity contribution is -0.137. The summed E-state index contributed by atoms with van der Waals surface area (Å²) in [5, 5.41) is 3.19. The first-order chi connectivity index (χ1) is 9.22. The van der Waals surface area contributed by atoms with Crippen LogP contribution in [-0.2, 0) is 16.1 Å². The number of thioether (sulfide) groups is 1. The number of ether oxygens (including phenoxy) is 1. The van der Waals surface area contributed by atoms with Crippen LogP contribution in [0.5, 0.6) is 0 Å². The molecule has 104 valence electrons. The Balaban J connectivity index is 2.26. The van der Waals surface area contributed by atoms with Crippen LogP contribution in [0.15, 0.2) is 42.1 Å². The van der Waals surface area contributed by atoms with Crippen LogP contribution in [0, 0.1) is 0 Å². The average Bonchev–Trinajstić information content (AvgIpc) is 2.42. The van der Waals surface area contributed by atoms with E-state index in [0.717, 1.165) is 17.2 Å². The molecule has 0 aliphatic rings. The van der Waals surface area contributed by atoms with Gasteiger partial charge in [-0.25, -0.2) is 4.79 Å². The molecule has 0 saturated carbocycles. The molecule has 1 aromatic rings. The molecular formula is C15H21NO2S. The molecule has 3 nitrogen and oxygen atoms in total. The Hall–Kier alpha value is -1.42. The van der Waals surface area contributed by atoms with E-state index in [4.69, 9.17) is 4.74 Å². The number of esters is 1. The van der Waals surface area contributed by atoms with Gasteiger partial charge in [-0.05, 0) is 18.2 Å². The van der Waals surface area contributed by atoms with Crippen molar-refractivity contribution < 1.29 is 9.53 Å². The third-order valence-corrected chi connectivity index (χ3v) is 3.29. The van der Waals surface area contributed by atoms with Crippen LogP contribution in [-0.4, -0.2) is 24.1 Å². The highest BCUT2D eigenvalue weighted by atomic mass is 32.2. The molecule has 0 aliphatic carbocycles. The number of rotatable bonds is 8. The fourth-order valence-corrected chi connectivity index (χ4v) is 1.94. The Morgan fingerprint density at radius 3 is 2.79 bits per heavy atom. The van der Waals surface area contributed by atoms with Crippen LogP contribution in [0.2, 0.25) is 0 Å². The lowest BCUT2D eigenvalue weighted by Gasteiger charge is -2.07. The number of carbonyl (C=O) groups excluding carboxylic acids is 1. The van der Waals surface area contributed by atoms with Crippen LogP contribution in [0.3, 0.4) is 0 Å². The molecule has 0 atom stereocenters. The van der Waals surface area contributed by atoms with Crippen molar-refractivity contribution in [2.45, 2.75) is 20.4 Å². The quantitative estimate of drug-likeness (QED) is 0.451. The first-order valence-electron chi connectivity index (χ1n) is 6.43. The maximum absolute atomic E-state index is 11.5. The van der Waals surface area contributed by atoms with E-state index < -0.39 is 0 Å². The van der Waals surface area contributed by atoms with Crippen molar-refractivity contribution >= 4 is 17.7 Å². The highest BCUT2D eigenvalue weighted by Gasteiger charge is 1.99. The zero-order valence-electron chi connectivity index (χ0n) is 11.5. The highest BCUT2D eigenvalue weighted by molar-refractivity contribution is 7.99. The maximum Gasteiger partial charge on any atom is 0.332 e. The Morgan fingerprint density at radius 1 is 1.37 bits per heavy atom. The van der Waals surface area contributed by atoms with Gasteiger partial charge < -0.3 is 10.1 Å². The lowest BCUT2D eigenvalue weighted by atomic mass is 10.2. The van der Waals surface area contributed by atoms with Gasteiger partial charge in [-0.3, -0.25) is 0 Å². The first-order valence-corrected chi connectivity index (χ1v) is 7.58. The van der Waals surface area contributed by atoms with Crippen LogP contribution in [0.1, 0.15) is 19.4 Å². The number of allylic oxidation sites excluding steroid dienone is 1. The van der Waals surface area contributed by atoms with Crippen LogP contribution >= 0.6 is 11.8 Å². The van der Waals surface area contributed by atoms with Crippen molar-refractivity contribution in [3.05, 3.63) is 47.7 Å². The maximum atomic E-state index is 11.5. The molecule has 1 N–H and O–H groups in total. The van der Waals surface area contributed by atoms with E-state index in [9.17, 15) is 4.79 Å². The SMILES string of the molecule is CCSCCOC(=O)/C=C(/C)NCc1ccccc1. The molecule has 4 heteroatoms. The summed E-state index contributed by atoms with van der Waals surface area (Å²) in [4.78, 5) is 11.5. The van der Waals surface area contributed by atoms with E-state index in [1.165, 1.54) is 11.6 Å². The van der Waals surface area contributed by atoms with E-state index in [2.05, 4.69) is 12.2 Å². The minimum atomic E-state index is -0.283. The third-order valence-electron chi connectivity index (χ3n) is 2.42. The summed E-state index contributed by atoms with van der Waals surface area (Å²) in [5.74, 6) is 1.62. The van der Waals surface area contributed by atoms with Gasteiger partial charge in [-0.2, -0.15) is 11.8 Å². The van der Waals surface area contributed by atoms with Crippen LogP contribution in [0.25, 0.3) is 0 Å². The second-order valence-electron chi connectivity index (χ2n) is 4.03. The molecule has 0 fully saturated rings. The van der Waals surface area contributed by atoms with Crippen molar-refractivity contribution in [2.75, 3.05) is 18.1 Å². The Bertz CT molecular complexity index is 404. The minimum Gasteiger partial charge on any atom is -0.462 e.